The molecule has 0 spiro atoms. The third-order valence-corrected chi connectivity index (χ3v) is 2.24. The summed E-state index contributed by atoms with van der Waals surface area (Å²) in [6.07, 6.45) is 8.19. The molecule has 1 N–H and O–H groups in total. The van der Waals surface area contributed by atoms with E-state index in [-0.39, 0.29) is 0 Å². The van der Waals surface area contributed by atoms with Gasteiger partial charge in [0.15, 0.2) is 0 Å². The van der Waals surface area contributed by atoms with E-state index in [0.717, 1.165) is 23.3 Å². The molecule has 0 aliphatic carbocycles. The number of aryl methyl sites for hydroxylation is 1. The quantitative estimate of drug-likeness (QED) is 0.751. The van der Waals surface area contributed by atoms with E-state index in [9.17, 15) is 0 Å². The molecular formula is C10H14N4. The van der Waals surface area contributed by atoms with Crippen LogP contribution in [0.5, 0.6) is 0 Å². The highest BCUT2D eigenvalue weighted by Crippen LogP contribution is 2.07. The third-order valence-electron chi connectivity index (χ3n) is 2.24. The standard InChI is InChI=1S/C10H14N4/c1-2-3-4-5-10-11-6-9-8(13-10)7-12-14-9/h6-7H,2-5H2,1H3,(H,12,14). The van der Waals surface area contributed by atoms with Crippen molar-refractivity contribution in [3.63, 3.8) is 0 Å². The van der Waals surface area contributed by atoms with Gasteiger partial charge in [0.25, 0.3) is 0 Å². The molecule has 0 unspecified atom stereocenters. The van der Waals surface area contributed by atoms with Gasteiger partial charge in [0.2, 0.25) is 0 Å². The predicted molar refractivity (Wildman–Crippen MR) is 54.9 cm³/mol. The molecule has 0 saturated heterocycles. The minimum atomic E-state index is 0.837. The Hall–Kier alpha value is -1.45. The zero-order valence-electron chi connectivity index (χ0n) is 8.32. The normalized spacial score (nSPS) is 10.9. The number of rotatable bonds is 4. The summed E-state index contributed by atoms with van der Waals surface area (Å²) >= 11 is 0. The van der Waals surface area contributed by atoms with Crippen LogP contribution in [-0.2, 0) is 6.42 Å². The van der Waals surface area contributed by atoms with E-state index in [1.807, 2.05) is 0 Å². The number of aromatic amines is 1. The molecule has 2 aromatic rings. The lowest BCUT2D eigenvalue weighted by molar-refractivity contribution is 0.696. The lowest BCUT2D eigenvalue weighted by Crippen LogP contribution is -1.94. The van der Waals surface area contributed by atoms with Gasteiger partial charge in [-0.2, -0.15) is 5.10 Å². The van der Waals surface area contributed by atoms with Gasteiger partial charge in [-0.3, -0.25) is 5.10 Å². The Morgan fingerprint density at radius 3 is 3.07 bits per heavy atom. The third kappa shape index (κ3) is 1.89. The largest absolute Gasteiger partial charge is 0.283 e. The van der Waals surface area contributed by atoms with Crippen molar-refractivity contribution in [3.05, 3.63) is 18.2 Å². The average molecular weight is 190 g/mol. The van der Waals surface area contributed by atoms with Crippen LogP contribution in [0.2, 0.25) is 0 Å². The lowest BCUT2D eigenvalue weighted by atomic mass is 10.2. The number of aromatic nitrogens is 4. The second-order valence-electron chi connectivity index (χ2n) is 3.40. The van der Waals surface area contributed by atoms with Crippen molar-refractivity contribution in [2.24, 2.45) is 0 Å². The molecule has 0 saturated carbocycles. The van der Waals surface area contributed by atoms with Crippen molar-refractivity contribution >= 4 is 11.0 Å². The van der Waals surface area contributed by atoms with Crippen LogP contribution in [0.15, 0.2) is 12.4 Å². The molecule has 0 fully saturated rings. The van der Waals surface area contributed by atoms with E-state index >= 15 is 0 Å². The zero-order chi connectivity index (χ0) is 9.80. The zero-order valence-corrected chi connectivity index (χ0v) is 8.32. The van der Waals surface area contributed by atoms with Crippen LogP contribution >= 0.6 is 0 Å². The number of hydrogen-bond acceptors (Lipinski definition) is 3. The van der Waals surface area contributed by atoms with Crippen LogP contribution in [0.4, 0.5) is 0 Å². The SMILES string of the molecule is CCCCCc1ncc2n[nH]cc2n1. The van der Waals surface area contributed by atoms with Gasteiger partial charge in [-0.1, -0.05) is 19.8 Å². The van der Waals surface area contributed by atoms with E-state index in [0.29, 0.717) is 0 Å². The summed E-state index contributed by atoms with van der Waals surface area (Å²) in [7, 11) is 0. The van der Waals surface area contributed by atoms with E-state index in [2.05, 4.69) is 27.1 Å². The Bertz CT molecular complexity index is 407. The summed E-state index contributed by atoms with van der Waals surface area (Å²) in [5.74, 6) is 0.923. The van der Waals surface area contributed by atoms with Crippen LogP contribution < -0.4 is 0 Å². The number of hydrogen-bond donors (Lipinski definition) is 1. The first-order valence-corrected chi connectivity index (χ1v) is 5.05. The Labute approximate surface area is 82.8 Å². The van der Waals surface area contributed by atoms with Crippen molar-refractivity contribution in [1.82, 2.24) is 20.2 Å². The Morgan fingerprint density at radius 2 is 2.21 bits per heavy atom. The van der Waals surface area contributed by atoms with Crippen molar-refractivity contribution in [1.29, 1.82) is 0 Å². The van der Waals surface area contributed by atoms with Gasteiger partial charge in [-0.05, 0) is 6.42 Å². The molecule has 0 aromatic carbocycles. The molecule has 0 radical (unpaired) electrons. The fourth-order valence-electron chi connectivity index (χ4n) is 1.44. The number of nitrogens with one attached hydrogen (secondary N) is 1. The van der Waals surface area contributed by atoms with E-state index in [1.54, 1.807) is 12.4 Å². The van der Waals surface area contributed by atoms with Gasteiger partial charge < -0.3 is 0 Å². The number of nitrogens with zero attached hydrogens (tertiary/aromatic N) is 3. The molecule has 0 aliphatic rings. The fourth-order valence-corrected chi connectivity index (χ4v) is 1.44. The second kappa shape index (κ2) is 4.17. The first-order chi connectivity index (χ1) is 6.90. The van der Waals surface area contributed by atoms with E-state index in [1.165, 1.54) is 19.3 Å². The van der Waals surface area contributed by atoms with Crippen molar-refractivity contribution < 1.29 is 0 Å². The lowest BCUT2D eigenvalue weighted by Gasteiger charge is -1.97. The summed E-state index contributed by atoms with van der Waals surface area (Å²) < 4.78 is 0. The molecule has 0 bridgehead atoms. The second-order valence-corrected chi connectivity index (χ2v) is 3.40. The molecule has 2 heterocycles. The highest BCUT2D eigenvalue weighted by Gasteiger charge is 2.00. The van der Waals surface area contributed by atoms with Gasteiger partial charge in [0.1, 0.15) is 16.9 Å². The number of H-pyrrole nitrogens is 1. The summed E-state index contributed by atoms with van der Waals surface area (Å²) in [6.45, 7) is 2.19. The molecule has 14 heavy (non-hydrogen) atoms. The number of unbranched alkanes of at least 4 members (excludes halogenated alkanes) is 2. The molecule has 4 heteroatoms. The van der Waals surface area contributed by atoms with Crippen LogP contribution in [-0.4, -0.2) is 20.2 Å². The molecule has 74 valence electrons. The summed E-state index contributed by atoms with van der Waals surface area (Å²) in [6, 6.07) is 0. The highest BCUT2D eigenvalue weighted by atomic mass is 15.1. The van der Waals surface area contributed by atoms with Crippen molar-refractivity contribution in [2.75, 3.05) is 0 Å². The van der Waals surface area contributed by atoms with Crippen molar-refractivity contribution in [2.45, 2.75) is 32.6 Å². The molecule has 0 amide bonds. The smallest absolute Gasteiger partial charge is 0.129 e. The molecule has 4 nitrogen and oxygen atoms in total. The van der Waals surface area contributed by atoms with Crippen LogP contribution in [0.3, 0.4) is 0 Å². The first kappa shape index (κ1) is 9.12. The maximum absolute atomic E-state index is 4.40. The summed E-state index contributed by atoms with van der Waals surface area (Å²) in [4.78, 5) is 8.66. The monoisotopic (exact) mass is 190 g/mol. The molecule has 2 aromatic heterocycles. The minimum absolute atomic E-state index is 0.837. The van der Waals surface area contributed by atoms with Gasteiger partial charge in [0.05, 0.1) is 6.20 Å². The van der Waals surface area contributed by atoms with E-state index < -0.39 is 0 Å². The average Bonchev–Trinajstić information content (AvgIpc) is 2.65. The Balaban J connectivity index is 2.10. The highest BCUT2D eigenvalue weighted by molar-refractivity contribution is 5.71. The molecular weight excluding hydrogens is 176 g/mol. The maximum Gasteiger partial charge on any atom is 0.129 e. The summed E-state index contributed by atoms with van der Waals surface area (Å²) in [5, 5.41) is 6.79. The van der Waals surface area contributed by atoms with Gasteiger partial charge in [-0.15, -0.1) is 0 Å². The summed E-state index contributed by atoms with van der Waals surface area (Å²) in [5.41, 5.74) is 1.75. The van der Waals surface area contributed by atoms with E-state index in [4.69, 9.17) is 0 Å². The molecule has 2 rings (SSSR count). The van der Waals surface area contributed by atoms with Gasteiger partial charge >= 0.3 is 0 Å². The number of fused-ring (bicyclic) bond motifs is 1. The first-order valence-electron chi connectivity index (χ1n) is 5.05. The fraction of sp³-hybridized carbons (Fsp3) is 0.500. The topological polar surface area (TPSA) is 54.5 Å². The van der Waals surface area contributed by atoms with Crippen LogP contribution in [0.25, 0.3) is 11.0 Å². The minimum Gasteiger partial charge on any atom is -0.283 e. The molecule has 0 atom stereocenters. The van der Waals surface area contributed by atoms with Gasteiger partial charge in [0, 0.05) is 12.6 Å². The Kier molecular flexibility index (Phi) is 2.72. The molecule has 0 aliphatic heterocycles. The van der Waals surface area contributed by atoms with Crippen LogP contribution in [0.1, 0.15) is 32.0 Å². The van der Waals surface area contributed by atoms with Crippen molar-refractivity contribution in [3.8, 4) is 0 Å². The predicted octanol–water partition coefficient (Wildman–Crippen LogP) is 2.09. The maximum atomic E-state index is 4.40. The van der Waals surface area contributed by atoms with Crippen LogP contribution in [0, 0.1) is 0 Å². The Morgan fingerprint density at radius 1 is 1.29 bits per heavy atom. The van der Waals surface area contributed by atoms with Gasteiger partial charge in [-0.25, -0.2) is 9.97 Å².